The molecule has 2 aromatic heterocycles. The zero-order chi connectivity index (χ0) is 18.1. The van der Waals surface area contributed by atoms with Crippen LogP contribution in [0.1, 0.15) is 20.8 Å². The third-order valence-corrected chi connectivity index (χ3v) is 5.06. The van der Waals surface area contributed by atoms with E-state index in [0.717, 1.165) is 33.8 Å². The first-order chi connectivity index (χ1) is 12.6. The minimum absolute atomic E-state index is 0.194. The molecule has 6 nitrogen and oxygen atoms in total. The van der Waals surface area contributed by atoms with E-state index in [1.54, 1.807) is 18.5 Å². The van der Waals surface area contributed by atoms with Crippen LogP contribution in [0.15, 0.2) is 36.7 Å². The molecule has 3 aromatic rings. The molecule has 0 fully saturated rings. The van der Waals surface area contributed by atoms with Gasteiger partial charge in [-0.25, -0.2) is 9.36 Å². The maximum absolute atomic E-state index is 12.3. The lowest BCUT2D eigenvalue weighted by Gasteiger charge is -2.20. The van der Waals surface area contributed by atoms with E-state index >= 15 is 0 Å². The molecule has 26 heavy (non-hydrogen) atoms. The lowest BCUT2D eigenvalue weighted by atomic mass is 10.0. The first-order valence-electron chi connectivity index (χ1n) is 8.21. The second kappa shape index (κ2) is 6.76. The molecule has 0 radical (unpaired) electrons. The molecule has 0 atom stereocenters. The minimum Gasteiger partial charge on any atom is -0.486 e. The Morgan fingerprint density at radius 1 is 1.08 bits per heavy atom. The third-order valence-electron chi connectivity index (χ3n) is 4.16. The number of amides is 1. The van der Waals surface area contributed by atoms with E-state index in [9.17, 15) is 4.79 Å². The van der Waals surface area contributed by atoms with E-state index in [1.165, 1.54) is 11.5 Å². The molecule has 1 aromatic carbocycles. The molecule has 0 saturated carbocycles. The summed E-state index contributed by atoms with van der Waals surface area (Å²) in [6.07, 6.45) is 3.42. The zero-order valence-corrected chi connectivity index (χ0v) is 15.2. The quantitative estimate of drug-likeness (QED) is 0.761. The van der Waals surface area contributed by atoms with Gasteiger partial charge in [-0.15, -0.1) is 0 Å². The highest BCUT2D eigenvalue weighted by Crippen LogP contribution is 2.37. The van der Waals surface area contributed by atoms with Gasteiger partial charge in [0, 0.05) is 18.0 Å². The van der Waals surface area contributed by atoms with E-state index in [-0.39, 0.29) is 5.91 Å². The van der Waals surface area contributed by atoms with Crippen LogP contribution < -0.4 is 14.8 Å². The average molecular weight is 367 g/mol. The first-order valence-corrected chi connectivity index (χ1v) is 8.98. The number of carbonyl (C=O) groups excluding carboxylic acids is 1. The highest BCUT2D eigenvalue weighted by molar-refractivity contribution is 7.08. The number of hydrogen-bond acceptors (Lipinski definition) is 6. The zero-order valence-electron chi connectivity index (χ0n) is 14.4. The van der Waals surface area contributed by atoms with Crippen molar-refractivity contribution in [2.45, 2.75) is 13.8 Å². The number of hydrogen-bond donors (Lipinski definition) is 1. The summed E-state index contributed by atoms with van der Waals surface area (Å²) in [5, 5.41) is 2.80. The van der Waals surface area contributed by atoms with Crippen molar-refractivity contribution in [3.05, 3.63) is 52.7 Å². The fourth-order valence-electron chi connectivity index (χ4n) is 2.81. The maximum Gasteiger partial charge on any atom is 0.268 e. The van der Waals surface area contributed by atoms with Gasteiger partial charge in [-0.1, -0.05) is 0 Å². The van der Waals surface area contributed by atoms with Crippen LogP contribution >= 0.6 is 11.5 Å². The van der Waals surface area contributed by atoms with Crippen molar-refractivity contribution < 1.29 is 14.3 Å². The molecule has 0 spiro atoms. The molecule has 7 heteroatoms. The van der Waals surface area contributed by atoms with Gasteiger partial charge in [0.25, 0.3) is 5.91 Å². The molecule has 0 bridgehead atoms. The maximum atomic E-state index is 12.3. The standard InChI is InChI=1S/C19H17N3O3S/c1-11-7-15-16(25-6-5-24-15)8-14(11)13-3-4-17(20-10-13)22-19(23)18-12(2)9-21-26-18/h3-4,7-10H,5-6H2,1-2H3,(H,20,22,23). The Balaban J connectivity index is 1.56. The number of nitrogens with one attached hydrogen (secondary N) is 1. The molecule has 1 amide bonds. The predicted octanol–water partition coefficient (Wildman–Crippen LogP) is 3.85. The third kappa shape index (κ3) is 3.13. The molecular formula is C19H17N3O3S. The summed E-state index contributed by atoms with van der Waals surface area (Å²) in [5.74, 6) is 1.83. The van der Waals surface area contributed by atoms with Crippen molar-refractivity contribution in [3.63, 3.8) is 0 Å². The van der Waals surface area contributed by atoms with Gasteiger partial charge >= 0.3 is 0 Å². The van der Waals surface area contributed by atoms with Crippen LogP contribution in [0.5, 0.6) is 11.5 Å². The smallest absolute Gasteiger partial charge is 0.268 e. The summed E-state index contributed by atoms with van der Waals surface area (Å²) >= 11 is 1.18. The number of aromatic nitrogens is 2. The molecule has 3 heterocycles. The van der Waals surface area contributed by atoms with Crippen molar-refractivity contribution in [2.75, 3.05) is 18.5 Å². The minimum atomic E-state index is -0.194. The highest BCUT2D eigenvalue weighted by atomic mass is 32.1. The van der Waals surface area contributed by atoms with Gasteiger partial charge in [-0.05, 0) is 66.3 Å². The van der Waals surface area contributed by atoms with Crippen LogP contribution in [-0.4, -0.2) is 28.5 Å². The van der Waals surface area contributed by atoms with Crippen LogP contribution in [0.2, 0.25) is 0 Å². The predicted molar refractivity (Wildman–Crippen MR) is 100 cm³/mol. The van der Waals surface area contributed by atoms with Crippen molar-refractivity contribution in [3.8, 4) is 22.6 Å². The Morgan fingerprint density at radius 2 is 1.85 bits per heavy atom. The fraction of sp³-hybridized carbons (Fsp3) is 0.211. The Kier molecular flexibility index (Phi) is 4.30. The molecule has 1 aliphatic heterocycles. The van der Waals surface area contributed by atoms with Crippen molar-refractivity contribution in [1.29, 1.82) is 0 Å². The number of benzene rings is 1. The summed E-state index contributed by atoms with van der Waals surface area (Å²) in [5.41, 5.74) is 3.91. The number of rotatable bonds is 3. The van der Waals surface area contributed by atoms with Gasteiger partial charge in [-0.3, -0.25) is 4.79 Å². The Hall–Kier alpha value is -2.93. The number of anilines is 1. The van der Waals surface area contributed by atoms with Crippen LogP contribution in [0.3, 0.4) is 0 Å². The number of aryl methyl sites for hydroxylation is 2. The number of pyridine rings is 1. The topological polar surface area (TPSA) is 73.3 Å². The van der Waals surface area contributed by atoms with E-state index in [0.29, 0.717) is 23.9 Å². The summed E-state index contributed by atoms with van der Waals surface area (Å²) in [4.78, 5) is 17.2. The van der Waals surface area contributed by atoms with Gasteiger partial charge in [0.1, 0.15) is 23.9 Å². The summed E-state index contributed by atoms with van der Waals surface area (Å²) < 4.78 is 15.3. The first kappa shape index (κ1) is 16.5. The SMILES string of the molecule is Cc1cc2c(cc1-c1ccc(NC(=O)c3sncc3C)nc1)OCCO2. The lowest BCUT2D eigenvalue weighted by molar-refractivity contribution is 0.102. The van der Waals surface area contributed by atoms with Crippen LogP contribution in [0.25, 0.3) is 11.1 Å². The van der Waals surface area contributed by atoms with E-state index in [1.807, 2.05) is 32.0 Å². The summed E-state index contributed by atoms with van der Waals surface area (Å²) in [7, 11) is 0. The van der Waals surface area contributed by atoms with Gasteiger partial charge in [-0.2, -0.15) is 0 Å². The number of fused-ring (bicyclic) bond motifs is 1. The van der Waals surface area contributed by atoms with Crippen LogP contribution in [0.4, 0.5) is 5.82 Å². The Labute approximate surface area is 155 Å². The second-order valence-corrected chi connectivity index (χ2v) is 6.84. The Morgan fingerprint density at radius 3 is 2.50 bits per heavy atom. The summed E-state index contributed by atoms with van der Waals surface area (Å²) in [6, 6.07) is 7.67. The van der Waals surface area contributed by atoms with Crippen molar-refractivity contribution >= 4 is 23.3 Å². The fourth-order valence-corrected chi connectivity index (χ4v) is 3.46. The van der Waals surface area contributed by atoms with Gasteiger partial charge in [0.2, 0.25) is 0 Å². The van der Waals surface area contributed by atoms with E-state index < -0.39 is 0 Å². The van der Waals surface area contributed by atoms with Crippen LogP contribution in [-0.2, 0) is 0 Å². The monoisotopic (exact) mass is 367 g/mol. The number of carbonyl (C=O) groups is 1. The molecular weight excluding hydrogens is 350 g/mol. The lowest BCUT2D eigenvalue weighted by Crippen LogP contribution is -2.15. The molecule has 0 aliphatic carbocycles. The number of nitrogens with zero attached hydrogens (tertiary/aromatic N) is 2. The Bertz CT molecular complexity index is 967. The molecule has 4 rings (SSSR count). The molecule has 1 aliphatic rings. The molecule has 0 unspecified atom stereocenters. The largest absolute Gasteiger partial charge is 0.486 e. The van der Waals surface area contributed by atoms with Gasteiger partial charge in [0.15, 0.2) is 11.5 Å². The summed E-state index contributed by atoms with van der Waals surface area (Å²) in [6.45, 7) is 5.01. The van der Waals surface area contributed by atoms with E-state index in [4.69, 9.17) is 9.47 Å². The second-order valence-electron chi connectivity index (χ2n) is 6.03. The number of ether oxygens (including phenoxy) is 2. The molecule has 1 N–H and O–H groups in total. The molecule has 0 saturated heterocycles. The normalized spacial score (nSPS) is 12.7. The van der Waals surface area contributed by atoms with Gasteiger partial charge in [0.05, 0.1) is 0 Å². The van der Waals surface area contributed by atoms with Crippen molar-refractivity contribution in [2.24, 2.45) is 0 Å². The van der Waals surface area contributed by atoms with Crippen molar-refractivity contribution in [1.82, 2.24) is 9.36 Å². The van der Waals surface area contributed by atoms with E-state index in [2.05, 4.69) is 14.7 Å². The average Bonchev–Trinajstić information content (AvgIpc) is 3.08. The molecule has 132 valence electrons. The highest BCUT2D eigenvalue weighted by Gasteiger charge is 2.16. The van der Waals surface area contributed by atoms with Crippen LogP contribution in [0, 0.1) is 13.8 Å². The van der Waals surface area contributed by atoms with Gasteiger partial charge < -0.3 is 14.8 Å².